The van der Waals surface area contributed by atoms with Gasteiger partial charge >= 0.3 is 12.0 Å². The monoisotopic (exact) mass is 252 g/mol. The summed E-state index contributed by atoms with van der Waals surface area (Å²) >= 11 is 0. The molecule has 1 aliphatic carbocycles. The Morgan fingerprint density at radius 2 is 1.94 bits per heavy atom. The number of rotatable bonds is 2. The van der Waals surface area contributed by atoms with Crippen LogP contribution in [0.5, 0.6) is 0 Å². The quantitative estimate of drug-likeness (QED) is 0.740. The van der Waals surface area contributed by atoms with Gasteiger partial charge < -0.3 is 10.5 Å². The molecule has 18 heavy (non-hydrogen) atoms. The van der Waals surface area contributed by atoms with Crippen molar-refractivity contribution in [1.29, 1.82) is 0 Å². The van der Waals surface area contributed by atoms with E-state index in [9.17, 15) is 14.4 Å². The molecule has 0 saturated heterocycles. The Morgan fingerprint density at radius 1 is 1.39 bits per heavy atom. The summed E-state index contributed by atoms with van der Waals surface area (Å²) in [5.74, 6) is -0.930. The number of nitrogens with two attached hydrogens (primary N) is 1. The van der Waals surface area contributed by atoms with Crippen molar-refractivity contribution in [1.82, 2.24) is 4.90 Å². The van der Waals surface area contributed by atoms with Crippen molar-refractivity contribution >= 4 is 17.9 Å². The third-order valence-corrected chi connectivity index (χ3v) is 3.31. The van der Waals surface area contributed by atoms with Crippen LogP contribution < -0.4 is 5.73 Å². The second kappa shape index (κ2) is 3.83. The molecule has 1 fully saturated rings. The number of ether oxygens (including phenoxy) is 1. The summed E-state index contributed by atoms with van der Waals surface area (Å²) in [4.78, 5) is 36.3. The van der Waals surface area contributed by atoms with Gasteiger partial charge in [0.15, 0.2) is 0 Å². The van der Waals surface area contributed by atoms with E-state index >= 15 is 0 Å². The summed E-state index contributed by atoms with van der Waals surface area (Å²) in [6.07, 6.45) is 0.858. The summed E-state index contributed by atoms with van der Waals surface area (Å²) in [6.45, 7) is 5.01. The number of allylic oxidation sites excluding steroid dienone is 1. The predicted molar refractivity (Wildman–Crippen MR) is 62.0 cm³/mol. The lowest BCUT2D eigenvalue weighted by Gasteiger charge is -2.13. The largest absolute Gasteiger partial charge is 0.460 e. The van der Waals surface area contributed by atoms with Gasteiger partial charge in [-0.1, -0.05) is 0 Å². The number of imide groups is 1. The Labute approximate surface area is 105 Å². The van der Waals surface area contributed by atoms with Gasteiger partial charge in [-0.2, -0.15) is 0 Å². The summed E-state index contributed by atoms with van der Waals surface area (Å²) < 4.78 is 5.13. The van der Waals surface area contributed by atoms with Crippen LogP contribution in [-0.4, -0.2) is 28.9 Å². The molecule has 0 atom stereocenters. The van der Waals surface area contributed by atoms with E-state index in [2.05, 4.69) is 0 Å². The van der Waals surface area contributed by atoms with Crippen molar-refractivity contribution in [3.8, 4) is 0 Å². The molecule has 2 aliphatic rings. The number of carbonyl (C=O) groups excluding carboxylic acids is 3. The van der Waals surface area contributed by atoms with E-state index in [-0.39, 0.29) is 6.10 Å². The number of hydrogen-bond acceptors (Lipinski definition) is 4. The van der Waals surface area contributed by atoms with Crippen LogP contribution in [0.15, 0.2) is 11.3 Å². The lowest BCUT2D eigenvalue weighted by atomic mass is 9.97. The summed E-state index contributed by atoms with van der Waals surface area (Å²) in [5, 5.41) is 0. The molecule has 0 aromatic rings. The van der Waals surface area contributed by atoms with E-state index in [0.29, 0.717) is 24.1 Å². The Kier molecular flexibility index (Phi) is 2.68. The van der Waals surface area contributed by atoms with Crippen LogP contribution >= 0.6 is 0 Å². The van der Waals surface area contributed by atoms with Crippen molar-refractivity contribution in [2.75, 3.05) is 0 Å². The van der Waals surface area contributed by atoms with Crippen LogP contribution in [0.3, 0.4) is 0 Å². The SMILES string of the molecule is CC1=C(C(=O)OC(C)C)C2(CC2)C(=O)N1C(N)=O. The maximum Gasteiger partial charge on any atom is 0.337 e. The third-order valence-electron chi connectivity index (χ3n) is 3.31. The molecule has 0 aromatic carbocycles. The van der Waals surface area contributed by atoms with Crippen LogP contribution in [0.25, 0.3) is 0 Å². The standard InChI is InChI=1S/C12H16N2O4/c1-6(2)18-9(15)8-7(3)14(11(13)17)10(16)12(8)4-5-12/h6H,4-5H2,1-3H3,(H2,13,17). The van der Waals surface area contributed by atoms with Gasteiger partial charge in [-0.15, -0.1) is 0 Å². The van der Waals surface area contributed by atoms with Crippen LogP contribution in [0.4, 0.5) is 4.79 Å². The number of amides is 3. The molecular weight excluding hydrogens is 236 g/mol. The number of urea groups is 1. The van der Waals surface area contributed by atoms with Gasteiger partial charge in [0.1, 0.15) is 0 Å². The molecule has 1 spiro atoms. The Balaban J connectivity index is 2.40. The fraction of sp³-hybridized carbons (Fsp3) is 0.583. The van der Waals surface area contributed by atoms with Crippen LogP contribution in [-0.2, 0) is 14.3 Å². The highest BCUT2D eigenvalue weighted by atomic mass is 16.5. The fourth-order valence-electron chi connectivity index (χ4n) is 2.40. The highest BCUT2D eigenvalue weighted by Gasteiger charge is 2.63. The minimum absolute atomic E-state index is 0.272. The molecule has 0 radical (unpaired) electrons. The fourth-order valence-corrected chi connectivity index (χ4v) is 2.40. The minimum atomic E-state index is -0.856. The first kappa shape index (κ1) is 12.6. The van der Waals surface area contributed by atoms with Crippen molar-refractivity contribution in [2.24, 2.45) is 11.1 Å². The molecular formula is C12H16N2O4. The number of carbonyl (C=O) groups is 3. The van der Waals surface area contributed by atoms with Gasteiger partial charge in [0.25, 0.3) is 0 Å². The average Bonchev–Trinajstić information content (AvgIpc) is 2.93. The third kappa shape index (κ3) is 1.60. The molecule has 1 aliphatic heterocycles. The summed E-state index contributed by atoms with van der Waals surface area (Å²) in [7, 11) is 0. The van der Waals surface area contributed by atoms with Gasteiger partial charge in [0.2, 0.25) is 5.91 Å². The molecule has 6 heteroatoms. The van der Waals surface area contributed by atoms with Gasteiger partial charge in [-0.05, 0) is 33.6 Å². The number of esters is 1. The second-order valence-corrected chi connectivity index (χ2v) is 4.98. The van der Waals surface area contributed by atoms with E-state index in [1.54, 1.807) is 20.8 Å². The van der Waals surface area contributed by atoms with E-state index in [1.165, 1.54) is 0 Å². The Bertz CT molecular complexity index is 474. The minimum Gasteiger partial charge on any atom is -0.460 e. The molecule has 1 saturated carbocycles. The summed E-state index contributed by atoms with van der Waals surface area (Å²) in [6, 6.07) is -0.851. The average molecular weight is 252 g/mol. The van der Waals surface area contributed by atoms with Crippen molar-refractivity contribution < 1.29 is 19.1 Å². The van der Waals surface area contributed by atoms with Gasteiger partial charge in [-0.3, -0.25) is 4.79 Å². The molecule has 2 rings (SSSR count). The van der Waals surface area contributed by atoms with Crippen LogP contribution in [0, 0.1) is 5.41 Å². The van der Waals surface area contributed by atoms with E-state index in [1.807, 2.05) is 0 Å². The molecule has 0 aromatic heterocycles. The molecule has 0 bridgehead atoms. The maximum atomic E-state index is 12.1. The number of hydrogen-bond donors (Lipinski definition) is 1. The molecule has 98 valence electrons. The molecule has 2 N–H and O–H groups in total. The van der Waals surface area contributed by atoms with Gasteiger partial charge in [0, 0.05) is 5.70 Å². The summed E-state index contributed by atoms with van der Waals surface area (Å²) in [5.41, 5.74) is 4.91. The molecule has 1 heterocycles. The smallest absolute Gasteiger partial charge is 0.337 e. The highest BCUT2D eigenvalue weighted by molar-refractivity contribution is 6.12. The predicted octanol–water partition coefficient (Wildman–Crippen LogP) is 0.913. The zero-order valence-electron chi connectivity index (χ0n) is 10.6. The number of nitrogens with zero attached hydrogens (tertiary/aromatic N) is 1. The highest BCUT2D eigenvalue weighted by Crippen LogP contribution is 2.58. The molecule has 3 amide bonds. The number of primary amides is 1. The normalized spacial score (nSPS) is 20.9. The van der Waals surface area contributed by atoms with Crippen molar-refractivity contribution in [3.05, 3.63) is 11.3 Å². The first-order valence-electron chi connectivity index (χ1n) is 5.87. The van der Waals surface area contributed by atoms with Gasteiger partial charge in [0.05, 0.1) is 17.1 Å². The zero-order valence-corrected chi connectivity index (χ0v) is 10.6. The lowest BCUT2D eigenvalue weighted by molar-refractivity contribution is -0.144. The van der Waals surface area contributed by atoms with E-state index < -0.39 is 23.3 Å². The first-order chi connectivity index (χ1) is 8.31. The van der Waals surface area contributed by atoms with E-state index in [0.717, 1.165) is 4.90 Å². The lowest BCUT2D eigenvalue weighted by Crippen LogP contribution is -2.38. The molecule has 6 nitrogen and oxygen atoms in total. The van der Waals surface area contributed by atoms with Crippen molar-refractivity contribution in [3.63, 3.8) is 0 Å². The van der Waals surface area contributed by atoms with Crippen LogP contribution in [0.1, 0.15) is 33.6 Å². The topological polar surface area (TPSA) is 89.7 Å². The maximum absolute atomic E-state index is 12.1. The Hall–Kier alpha value is -1.85. The Morgan fingerprint density at radius 3 is 2.33 bits per heavy atom. The first-order valence-corrected chi connectivity index (χ1v) is 5.87. The van der Waals surface area contributed by atoms with E-state index in [4.69, 9.17) is 10.5 Å². The zero-order chi connectivity index (χ0) is 13.7. The van der Waals surface area contributed by atoms with Crippen LogP contribution in [0.2, 0.25) is 0 Å². The van der Waals surface area contributed by atoms with Gasteiger partial charge in [-0.25, -0.2) is 14.5 Å². The second-order valence-electron chi connectivity index (χ2n) is 4.98. The van der Waals surface area contributed by atoms with Crippen molar-refractivity contribution in [2.45, 2.75) is 39.7 Å². The molecule has 0 unspecified atom stereocenters.